The SMILES string of the molecule is COC(=O)CCNC(=NCc1ccc(C)cc1)Nc1ccccc1.I. The van der Waals surface area contributed by atoms with Crippen LogP contribution in [-0.4, -0.2) is 25.6 Å². The van der Waals surface area contributed by atoms with Crippen molar-refractivity contribution < 1.29 is 9.53 Å². The summed E-state index contributed by atoms with van der Waals surface area (Å²) in [7, 11) is 1.39. The summed E-state index contributed by atoms with van der Waals surface area (Å²) in [6.07, 6.45) is 0.288. The molecule has 0 saturated carbocycles. The normalized spacial score (nSPS) is 10.6. The number of hydrogen-bond donors (Lipinski definition) is 2. The molecule has 0 aromatic heterocycles. The zero-order valence-electron chi connectivity index (χ0n) is 14.5. The Kier molecular flexibility index (Phi) is 9.61. The third kappa shape index (κ3) is 8.02. The number of benzene rings is 2. The van der Waals surface area contributed by atoms with Gasteiger partial charge in [0.15, 0.2) is 5.96 Å². The Labute approximate surface area is 165 Å². The minimum absolute atomic E-state index is 0. The van der Waals surface area contributed by atoms with Gasteiger partial charge >= 0.3 is 5.97 Å². The number of para-hydroxylation sites is 1. The molecule has 2 N–H and O–H groups in total. The highest BCUT2D eigenvalue weighted by molar-refractivity contribution is 14.0. The highest BCUT2D eigenvalue weighted by atomic mass is 127. The maximum Gasteiger partial charge on any atom is 0.307 e. The molecule has 0 unspecified atom stereocenters. The second kappa shape index (κ2) is 11.5. The summed E-state index contributed by atoms with van der Waals surface area (Å²) in [4.78, 5) is 15.8. The minimum Gasteiger partial charge on any atom is -0.469 e. The lowest BCUT2D eigenvalue weighted by atomic mass is 10.1. The van der Waals surface area contributed by atoms with Gasteiger partial charge in [0, 0.05) is 12.2 Å². The van der Waals surface area contributed by atoms with Gasteiger partial charge in [-0.15, -0.1) is 24.0 Å². The number of aliphatic imine (C=N–C) groups is 1. The van der Waals surface area contributed by atoms with Crippen LogP contribution in [0.3, 0.4) is 0 Å². The Morgan fingerprint density at radius 1 is 1.08 bits per heavy atom. The molecule has 0 spiro atoms. The van der Waals surface area contributed by atoms with E-state index < -0.39 is 0 Å². The van der Waals surface area contributed by atoms with E-state index in [0.717, 1.165) is 11.3 Å². The van der Waals surface area contributed by atoms with Gasteiger partial charge in [0.2, 0.25) is 0 Å². The number of halogens is 1. The zero-order valence-corrected chi connectivity index (χ0v) is 16.8. The second-order valence-corrected chi connectivity index (χ2v) is 5.39. The molecule has 0 radical (unpaired) electrons. The molecule has 25 heavy (non-hydrogen) atoms. The molecule has 0 aliphatic rings. The van der Waals surface area contributed by atoms with Gasteiger partial charge in [0.1, 0.15) is 0 Å². The van der Waals surface area contributed by atoms with Crippen molar-refractivity contribution in [2.75, 3.05) is 19.0 Å². The number of nitrogens with zero attached hydrogens (tertiary/aromatic N) is 1. The van der Waals surface area contributed by atoms with Gasteiger partial charge in [0.25, 0.3) is 0 Å². The van der Waals surface area contributed by atoms with Crippen LogP contribution in [-0.2, 0) is 16.1 Å². The smallest absolute Gasteiger partial charge is 0.307 e. The summed E-state index contributed by atoms with van der Waals surface area (Å²) in [5.41, 5.74) is 3.29. The van der Waals surface area contributed by atoms with E-state index in [-0.39, 0.29) is 36.4 Å². The van der Waals surface area contributed by atoms with Crippen molar-refractivity contribution >= 4 is 41.6 Å². The average Bonchev–Trinajstić information content (AvgIpc) is 2.61. The van der Waals surface area contributed by atoms with Crippen LogP contribution in [0.2, 0.25) is 0 Å². The van der Waals surface area contributed by atoms with Crippen molar-refractivity contribution in [1.82, 2.24) is 5.32 Å². The molecule has 0 bridgehead atoms. The van der Waals surface area contributed by atoms with Crippen LogP contribution in [0.1, 0.15) is 17.5 Å². The Morgan fingerprint density at radius 3 is 2.40 bits per heavy atom. The first kappa shape index (κ1) is 21.0. The third-order valence-electron chi connectivity index (χ3n) is 3.43. The number of esters is 1. The molecule has 0 heterocycles. The number of hydrogen-bond acceptors (Lipinski definition) is 3. The van der Waals surface area contributed by atoms with Gasteiger partial charge in [-0.2, -0.15) is 0 Å². The Hall–Kier alpha value is -2.09. The number of ether oxygens (including phenoxy) is 1. The summed E-state index contributed by atoms with van der Waals surface area (Å²) in [6, 6.07) is 18.1. The fourth-order valence-corrected chi connectivity index (χ4v) is 2.05. The van der Waals surface area contributed by atoms with Gasteiger partial charge in [0.05, 0.1) is 20.1 Å². The number of anilines is 1. The predicted octanol–water partition coefficient (Wildman–Crippen LogP) is 3.73. The molecule has 2 aromatic rings. The fourth-order valence-electron chi connectivity index (χ4n) is 2.05. The van der Waals surface area contributed by atoms with Crippen molar-refractivity contribution in [2.45, 2.75) is 19.9 Å². The number of rotatable bonds is 6. The quantitative estimate of drug-likeness (QED) is 0.303. The lowest BCUT2D eigenvalue weighted by Crippen LogP contribution is -2.32. The first-order valence-corrected chi connectivity index (χ1v) is 7.90. The monoisotopic (exact) mass is 453 g/mol. The van der Waals surface area contributed by atoms with Crippen LogP contribution in [0, 0.1) is 6.92 Å². The lowest BCUT2D eigenvalue weighted by Gasteiger charge is -2.12. The van der Waals surface area contributed by atoms with Crippen molar-refractivity contribution in [3.05, 3.63) is 65.7 Å². The first-order chi connectivity index (χ1) is 11.7. The molecule has 2 aromatic carbocycles. The van der Waals surface area contributed by atoms with E-state index in [4.69, 9.17) is 0 Å². The van der Waals surface area contributed by atoms with Crippen LogP contribution in [0.5, 0.6) is 0 Å². The van der Waals surface area contributed by atoms with Crippen molar-refractivity contribution in [3.8, 4) is 0 Å². The standard InChI is InChI=1S/C19H23N3O2.HI/c1-15-8-10-16(11-9-15)14-21-19(20-13-12-18(23)24-2)22-17-6-4-3-5-7-17;/h3-11H,12-14H2,1-2H3,(H2,20,21,22);1H. The molecule has 2 rings (SSSR count). The van der Waals surface area contributed by atoms with E-state index in [1.54, 1.807) is 0 Å². The third-order valence-corrected chi connectivity index (χ3v) is 3.43. The Morgan fingerprint density at radius 2 is 1.76 bits per heavy atom. The number of aryl methyl sites for hydroxylation is 1. The van der Waals surface area contributed by atoms with Gasteiger partial charge in [-0.25, -0.2) is 4.99 Å². The highest BCUT2D eigenvalue weighted by Crippen LogP contribution is 2.07. The summed E-state index contributed by atoms with van der Waals surface area (Å²) in [5.74, 6) is 0.380. The molecule has 0 amide bonds. The molecule has 5 nitrogen and oxygen atoms in total. The molecule has 134 valence electrons. The van der Waals surface area contributed by atoms with Crippen molar-refractivity contribution in [3.63, 3.8) is 0 Å². The Bertz CT molecular complexity index is 673. The van der Waals surface area contributed by atoms with Crippen LogP contribution < -0.4 is 10.6 Å². The molecule has 0 aliphatic heterocycles. The molecule has 0 atom stereocenters. The summed E-state index contributed by atoms with van der Waals surface area (Å²) < 4.78 is 4.65. The zero-order chi connectivity index (χ0) is 17.2. The predicted molar refractivity (Wildman–Crippen MR) is 112 cm³/mol. The van der Waals surface area contributed by atoms with Gasteiger partial charge < -0.3 is 15.4 Å². The van der Waals surface area contributed by atoms with E-state index in [1.165, 1.54) is 12.7 Å². The highest BCUT2D eigenvalue weighted by Gasteiger charge is 2.03. The Balaban J connectivity index is 0.00000312. The van der Waals surface area contributed by atoms with E-state index in [9.17, 15) is 4.79 Å². The first-order valence-electron chi connectivity index (χ1n) is 7.90. The lowest BCUT2D eigenvalue weighted by molar-refractivity contribution is -0.140. The molecule has 0 fully saturated rings. The van der Waals surface area contributed by atoms with Crippen LogP contribution in [0.4, 0.5) is 5.69 Å². The largest absolute Gasteiger partial charge is 0.469 e. The number of methoxy groups -OCH3 is 1. The van der Waals surface area contributed by atoms with E-state index in [0.29, 0.717) is 19.0 Å². The van der Waals surface area contributed by atoms with E-state index >= 15 is 0 Å². The molecule has 6 heteroatoms. The summed E-state index contributed by atoms with van der Waals surface area (Å²) >= 11 is 0. The van der Waals surface area contributed by atoms with Crippen LogP contribution >= 0.6 is 24.0 Å². The van der Waals surface area contributed by atoms with E-state index in [2.05, 4.69) is 51.6 Å². The number of carbonyl (C=O) groups excluding carboxylic acids is 1. The van der Waals surface area contributed by atoms with Crippen molar-refractivity contribution in [1.29, 1.82) is 0 Å². The fraction of sp³-hybridized carbons (Fsp3) is 0.263. The average molecular weight is 453 g/mol. The van der Waals surface area contributed by atoms with E-state index in [1.807, 2.05) is 30.3 Å². The van der Waals surface area contributed by atoms with Crippen molar-refractivity contribution in [2.24, 2.45) is 4.99 Å². The van der Waals surface area contributed by atoms with Crippen LogP contribution in [0.15, 0.2) is 59.6 Å². The summed E-state index contributed by atoms with van der Waals surface area (Å²) in [5, 5.41) is 6.39. The van der Waals surface area contributed by atoms with Gasteiger partial charge in [-0.1, -0.05) is 48.0 Å². The molecule has 0 aliphatic carbocycles. The minimum atomic E-state index is -0.250. The summed E-state index contributed by atoms with van der Waals surface area (Å²) in [6.45, 7) is 3.07. The van der Waals surface area contributed by atoms with Gasteiger partial charge in [-0.3, -0.25) is 4.79 Å². The molecule has 0 saturated heterocycles. The van der Waals surface area contributed by atoms with Crippen LogP contribution in [0.25, 0.3) is 0 Å². The number of guanidine groups is 1. The molecular formula is C19H24IN3O2. The topological polar surface area (TPSA) is 62.7 Å². The second-order valence-electron chi connectivity index (χ2n) is 5.39. The maximum absolute atomic E-state index is 11.2. The molecular weight excluding hydrogens is 429 g/mol. The maximum atomic E-state index is 11.2. The number of nitrogens with one attached hydrogen (secondary N) is 2. The van der Waals surface area contributed by atoms with Gasteiger partial charge in [-0.05, 0) is 24.6 Å². The number of carbonyl (C=O) groups is 1.